The Morgan fingerprint density at radius 2 is 1.93 bits per heavy atom. The average molecular weight is 407 g/mol. The molecule has 1 fully saturated rings. The van der Waals surface area contributed by atoms with Gasteiger partial charge < -0.3 is 9.30 Å². The molecule has 0 saturated carbocycles. The third kappa shape index (κ3) is 3.78. The highest BCUT2D eigenvalue weighted by Crippen LogP contribution is 2.25. The Morgan fingerprint density at radius 3 is 2.86 bits per heavy atom. The minimum atomic E-state index is 0.721. The van der Waals surface area contributed by atoms with Gasteiger partial charge in [0.15, 0.2) is 0 Å². The van der Waals surface area contributed by atoms with Gasteiger partial charge in [0.05, 0.1) is 16.2 Å². The molecule has 0 atom stereocenters. The summed E-state index contributed by atoms with van der Waals surface area (Å²) in [6.07, 6.45) is 6.75. The first-order valence-electron chi connectivity index (χ1n) is 9.97. The van der Waals surface area contributed by atoms with E-state index in [1.807, 2.05) is 22.7 Å². The van der Waals surface area contributed by atoms with Crippen LogP contribution in [0.15, 0.2) is 49.1 Å². The number of aryl methyl sites for hydroxylation is 1. The van der Waals surface area contributed by atoms with Crippen LogP contribution in [0.3, 0.4) is 0 Å². The zero-order chi connectivity index (χ0) is 19.8. The SMILES string of the molecule is Cc1ccc2ncnc(N3CCCN(Cc4cn5cc(Cl)ccc5n4)CC3)c2c1. The van der Waals surface area contributed by atoms with Crippen molar-refractivity contribution in [1.82, 2.24) is 24.3 Å². The van der Waals surface area contributed by atoms with Gasteiger partial charge in [0.25, 0.3) is 0 Å². The zero-order valence-electron chi connectivity index (χ0n) is 16.4. The number of benzene rings is 1. The van der Waals surface area contributed by atoms with E-state index in [1.165, 1.54) is 5.56 Å². The molecule has 3 aromatic heterocycles. The third-order valence-corrected chi connectivity index (χ3v) is 5.73. The van der Waals surface area contributed by atoms with Gasteiger partial charge in [-0.05, 0) is 37.6 Å². The van der Waals surface area contributed by atoms with Gasteiger partial charge in [-0.3, -0.25) is 4.90 Å². The molecule has 148 valence electrons. The molecule has 0 bridgehead atoms. The van der Waals surface area contributed by atoms with Gasteiger partial charge in [-0.25, -0.2) is 15.0 Å². The highest BCUT2D eigenvalue weighted by atomic mass is 35.5. The van der Waals surface area contributed by atoms with Crippen molar-refractivity contribution >= 4 is 34.0 Å². The van der Waals surface area contributed by atoms with Crippen LogP contribution in [0.4, 0.5) is 5.82 Å². The third-order valence-electron chi connectivity index (χ3n) is 5.51. The van der Waals surface area contributed by atoms with Crippen LogP contribution in [-0.2, 0) is 6.54 Å². The number of hydrogen-bond donors (Lipinski definition) is 0. The van der Waals surface area contributed by atoms with E-state index >= 15 is 0 Å². The molecule has 0 N–H and O–H groups in total. The molecule has 1 aliphatic heterocycles. The largest absolute Gasteiger partial charge is 0.355 e. The molecule has 29 heavy (non-hydrogen) atoms. The number of rotatable bonds is 3. The number of halogens is 1. The van der Waals surface area contributed by atoms with Crippen molar-refractivity contribution in [2.24, 2.45) is 0 Å². The summed E-state index contributed by atoms with van der Waals surface area (Å²) in [7, 11) is 0. The Hall–Kier alpha value is -2.70. The number of fused-ring (bicyclic) bond motifs is 2. The van der Waals surface area contributed by atoms with Gasteiger partial charge in [-0.15, -0.1) is 0 Å². The standard InChI is InChI=1S/C22H23ClN6/c1-16-3-5-20-19(11-16)22(25-15-24-20)28-8-2-7-27(9-10-28)13-18-14-29-12-17(23)4-6-21(29)26-18/h3-6,11-12,14-15H,2,7-10,13H2,1H3. The van der Waals surface area contributed by atoms with Crippen molar-refractivity contribution in [3.8, 4) is 0 Å². The van der Waals surface area contributed by atoms with E-state index in [0.717, 1.165) is 72.2 Å². The molecule has 6 nitrogen and oxygen atoms in total. The molecule has 1 aromatic carbocycles. The van der Waals surface area contributed by atoms with Gasteiger partial charge in [-0.2, -0.15) is 0 Å². The Morgan fingerprint density at radius 1 is 1.00 bits per heavy atom. The first kappa shape index (κ1) is 18.3. The Bertz CT molecular complexity index is 1170. The van der Waals surface area contributed by atoms with Crippen LogP contribution < -0.4 is 4.90 Å². The summed E-state index contributed by atoms with van der Waals surface area (Å²) in [5, 5.41) is 1.86. The lowest BCUT2D eigenvalue weighted by Crippen LogP contribution is -2.31. The molecule has 0 unspecified atom stereocenters. The second-order valence-corrected chi connectivity index (χ2v) is 8.12. The quantitative estimate of drug-likeness (QED) is 0.515. The predicted molar refractivity (Wildman–Crippen MR) is 117 cm³/mol. The van der Waals surface area contributed by atoms with Crippen LogP contribution in [0.1, 0.15) is 17.7 Å². The maximum atomic E-state index is 6.09. The van der Waals surface area contributed by atoms with Crippen molar-refractivity contribution in [3.05, 3.63) is 65.3 Å². The minimum Gasteiger partial charge on any atom is -0.355 e. The van der Waals surface area contributed by atoms with Crippen LogP contribution in [0, 0.1) is 6.92 Å². The molecular formula is C22H23ClN6. The fourth-order valence-corrected chi connectivity index (χ4v) is 4.24. The summed E-state index contributed by atoms with van der Waals surface area (Å²) in [6.45, 7) is 6.93. The van der Waals surface area contributed by atoms with E-state index in [2.05, 4.69) is 51.1 Å². The predicted octanol–water partition coefficient (Wildman–Crippen LogP) is 3.95. The smallest absolute Gasteiger partial charge is 0.139 e. The average Bonchev–Trinajstić information content (AvgIpc) is 2.96. The van der Waals surface area contributed by atoms with E-state index in [1.54, 1.807) is 6.33 Å². The molecule has 0 spiro atoms. The second kappa shape index (κ2) is 7.61. The van der Waals surface area contributed by atoms with Gasteiger partial charge >= 0.3 is 0 Å². The summed E-state index contributed by atoms with van der Waals surface area (Å²) in [6, 6.07) is 10.2. The fourth-order valence-electron chi connectivity index (χ4n) is 4.07. The van der Waals surface area contributed by atoms with Crippen molar-refractivity contribution in [3.63, 3.8) is 0 Å². The summed E-state index contributed by atoms with van der Waals surface area (Å²) < 4.78 is 2.00. The minimum absolute atomic E-state index is 0.721. The maximum absolute atomic E-state index is 6.09. The van der Waals surface area contributed by atoms with E-state index in [0.29, 0.717) is 0 Å². The van der Waals surface area contributed by atoms with Gasteiger partial charge in [0.1, 0.15) is 17.8 Å². The van der Waals surface area contributed by atoms with Crippen molar-refractivity contribution < 1.29 is 0 Å². The number of nitrogens with zero attached hydrogens (tertiary/aromatic N) is 6. The van der Waals surface area contributed by atoms with Crippen molar-refractivity contribution in [2.75, 3.05) is 31.1 Å². The molecule has 4 aromatic rings. The Labute approximate surface area is 174 Å². The Balaban J connectivity index is 1.33. The Kier molecular flexibility index (Phi) is 4.81. The van der Waals surface area contributed by atoms with Crippen LogP contribution >= 0.6 is 11.6 Å². The lowest BCUT2D eigenvalue weighted by Gasteiger charge is -2.23. The second-order valence-electron chi connectivity index (χ2n) is 7.68. The van der Waals surface area contributed by atoms with Crippen molar-refractivity contribution in [1.29, 1.82) is 0 Å². The highest BCUT2D eigenvalue weighted by molar-refractivity contribution is 6.30. The van der Waals surface area contributed by atoms with E-state index in [-0.39, 0.29) is 0 Å². The van der Waals surface area contributed by atoms with Crippen LogP contribution in [0.5, 0.6) is 0 Å². The molecule has 0 amide bonds. The fraction of sp³-hybridized carbons (Fsp3) is 0.318. The normalized spacial score (nSPS) is 15.9. The van der Waals surface area contributed by atoms with Crippen molar-refractivity contribution in [2.45, 2.75) is 19.9 Å². The first-order chi connectivity index (χ1) is 14.2. The number of imidazole rings is 1. The lowest BCUT2D eigenvalue weighted by atomic mass is 10.1. The molecule has 7 heteroatoms. The molecule has 0 aliphatic carbocycles. The number of hydrogen-bond acceptors (Lipinski definition) is 5. The summed E-state index contributed by atoms with van der Waals surface area (Å²) in [5.41, 5.74) is 4.24. The van der Waals surface area contributed by atoms with E-state index in [4.69, 9.17) is 16.6 Å². The number of pyridine rings is 1. The number of aromatic nitrogens is 4. The monoisotopic (exact) mass is 406 g/mol. The summed E-state index contributed by atoms with van der Waals surface area (Å²) in [5.74, 6) is 1.04. The van der Waals surface area contributed by atoms with Crippen LogP contribution in [-0.4, -0.2) is 50.4 Å². The van der Waals surface area contributed by atoms with Gasteiger partial charge in [0.2, 0.25) is 0 Å². The topological polar surface area (TPSA) is 49.6 Å². The molecule has 5 rings (SSSR count). The molecule has 0 radical (unpaired) electrons. The summed E-state index contributed by atoms with van der Waals surface area (Å²) in [4.78, 5) is 18.7. The molecule has 4 heterocycles. The zero-order valence-corrected chi connectivity index (χ0v) is 17.2. The first-order valence-corrected chi connectivity index (χ1v) is 10.4. The maximum Gasteiger partial charge on any atom is 0.139 e. The van der Waals surface area contributed by atoms with Gasteiger partial charge in [-0.1, -0.05) is 23.2 Å². The van der Waals surface area contributed by atoms with Crippen LogP contribution in [0.2, 0.25) is 5.02 Å². The molecule has 1 aliphatic rings. The molecular weight excluding hydrogens is 384 g/mol. The van der Waals surface area contributed by atoms with Crippen LogP contribution in [0.25, 0.3) is 16.6 Å². The highest BCUT2D eigenvalue weighted by Gasteiger charge is 2.19. The van der Waals surface area contributed by atoms with Gasteiger partial charge in [0, 0.05) is 50.5 Å². The van der Waals surface area contributed by atoms with E-state index < -0.39 is 0 Å². The van der Waals surface area contributed by atoms with E-state index in [9.17, 15) is 0 Å². The summed E-state index contributed by atoms with van der Waals surface area (Å²) >= 11 is 6.09. The lowest BCUT2D eigenvalue weighted by molar-refractivity contribution is 0.282. The molecule has 1 saturated heterocycles. The number of anilines is 1.